The lowest BCUT2D eigenvalue weighted by atomic mass is 10.1. The van der Waals surface area contributed by atoms with E-state index < -0.39 is 0 Å². The number of H-pyrrole nitrogens is 1. The number of nitrogens with zero attached hydrogens (tertiary/aromatic N) is 3. The van der Waals surface area contributed by atoms with Crippen LogP contribution in [0.15, 0.2) is 17.2 Å². The van der Waals surface area contributed by atoms with E-state index in [9.17, 15) is 4.79 Å². The fourth-order valence-corrected chi connectivity index (χ4v) is 2.13. The van der Waals surface area contributed by atoms with Crippen LogP contribution < -0.4 is 11.0 Å². The van der Waals surface area contributed by atoms with Gasteiger partial charge in [0.25, 0.3) is 0 Å². The first-order valence-corrected chi connectivity index (χ1v) is 6.39. The molecule has 2 rings (SSSR count). The van der Waals surface area contributed by atoms with Crippen molar-refractivity contribution >= 4 is 5.65 Å². The van der Waals surface area contributed by atoms with E-state index in [4.69, 9.17) is 0 Å². The van der Waals surface area contributed by atoms with Crippen molar-refractivity contribution in [3.63, 3.8) is 0 Å². The van der Waals surface area contributed by atoms with Crippen LogP contribution in [0.25, 0.3) is 5.65 Å². The molecule has 0 radical (unpaired) electrons. The van der Waals surface area contributed by atoms with Gasteiger partial charge in [0.1, 0.15) is 6.33 Å². The molecule has 0 amide bonds. The molecule has 1 atom stereocenters. The molecule has 0 saturated carbocycles. The van der Waals surface area contributed by atoms with E-state index in [2.05, 4.69) is 34.3 Å². The van der Waals surface area contributed by atoms with Gasteiger partial charge >= 0.3 is 5.69 Å². The van der Waals surface area contributed by atoms with Crippen LogP contribution in [0.1, 0.15) is 32.4 Å². The first-order chi connectivity index (χ1) is 8.74. The Bertz CT molecular complexity index is 553. The van der Waals surface area contributed by atoms with Gasteiger partial charge in [0, 0.05) is 24.2 Å². The van der Waals surface area contributed by atoms with Gasteiger partial charge in [-0.25, -0.2) is 19.3 Å². The van der Waals surface area contributed by atoms with Crippen LogP contribution in [0.4, 0.5) is 0 Å². The smallest absolute Gasteiger partial charge is 0.314 e. The summed E-state index contributed by atoms with van der Waals surface area (Å²) in [4.78, 5) is 15.6. The topological polar surface area (TPSA) is 75.1 Å². The SMILES string of the molecule is CCCC(Cc1cc2n[nH]c(=O)n2cn1)NCC. The summed E-state index contributed by atoms with van der Waals surface area (Å²) in [6, 6.07) is 2.29. The molecule has 2 aromatic heterocycles. The molecule has 0 fully saturated rings. The molecule has 0 spiro atoms. The summed E-state index contributed by atoms with van der Waals surface area (Å²) in [5.41, 5.74) is 1.33. The quantitative estimate of drug-likeness (QED) is 0.791. The van der Waals surface area contributed by atoms with Gasteiger partial charge in [-0.15, -0.1) is 0 Å². The third-order valence-electron chi connectivity index (χ3n) is 2.95. The van der Waals surface area contributed by atoms with Crippen molar-refractivity contribution in [2.45, 2.75) is 39.2 Å². The fourth-order valence-electron chi connectivity index (χ4n) is 2.13. The largest absolute Gasteiger partial charge is 0.348 e. The number of hydrogen-bond acceptors (Lipinski definition) is 4. The van der Waals surface area contributed by atoms with Gasteiger partial charge in [-0.1, -0.05) is 20.3 Å². The van der Waals surface area contributed by atoms with Crippen molar-refractivity contribution in [3.8, 4) is 0 Å². The Morgan fingerprint density at radius 2 is 2.33 bits per heavy atom. The maximum atomic E-state index is 11.3. The van der Waals surface area contributed by atoms with Gasteiger partial charge in [-0.2, -0.15) is 5.10 Å². The molecule has 0 bridgehead atoms. The normalized spacial score (nSPS) is 13.0. The van der Waals surface area contributed by atoms with Crippen molar-refractivity contribution < 1.29 is 0 Å². The molecule has 1 unspecified atom stereocenters. The molecule has 0 aliphatic carbocycles. The number of hydrogen-bond donors (Lipinski definition) is 2. The Balaban J connectivity index is 2.17. The lowest BCUT2D eigenvalue weighted by molar-refractivity contribution is 0.481. The molecule has 98 valence electrons. The number of rotatable bonds is 6. The van der Waals surface area contributed by atoms with Gasteiger partial charge in [-0.3, -0.25) is 0 Å². The van der Waals surface area contributed by atoms with Gasteiger partial charge in [0.2, 0.25) is 0 Å². The summed E-state index contributed by atoms with van der Waals surface area (Å²) >= 11 is 0. The molecular formula is C12H19N5O. The van der Waals surface area contributed by atoms with Crippen LogP contribution in [0.5, 0.6) is 0 Å². The second-order valence-electron chi connectivity index (χ2n) is 4.38. The molecule has 6 heteroatoms. The van der Waals surface area contributed by atoms with Crippen LogP contribution in [0.2, 0.25) is 0 Å². The van der Waals surface area contributed by atoms with Crippen LogP contribution in [-0.4, -0.2) is 32.2 Å². The zero-order valence-corrected chi connectivity index (χ0v) is 10.8. The second kappa shape index (κ2) is 5.77. The fraction of sp³-hybridized carbons (Fsp3) is 0.583. The predicted molar refractivity (Wildman–Crippen MR) is 69.7 cm³/mol. The Hall–Kier alpha value is -1.69. The molecule has 0 aromatic carbocycles. The highest BCUT2D eigenvalue weighted by Gasteiger charge is 2.09. The van der Waals surface area contributed by atoms with Crippen LogP contribution in [0.3, 0.4) is 0 Å². The van der Waals surface area contributed by atoms with E-state index in [1.54, 1.807) is 0 Å². The first kappa shape index (κ1) is 12.8. The number of aromatic amines is 1. The van der Waals surface area contributed by atoms with E-state index in [-0.39, 0.29) is 5.69 Å². The minimum atomic E-state index is -0.249. The Labute approximate surface area is 105 Å². The second-order valence-corrected chi connectivity index (χ2v) is 4.38. The summed E-state index contributed by atoms with van der Waals surface area (Å²) in [6.45, 7) is 5.23. The van der Waals surface area contributed by atoms with Gasteiger partial charge in [0.15, 0.2) is 5.65 Å². The van der Waals surface area contributed by atoms with Gasteiger partial charge in [-0.05, 0) is 13.0 Å². The van der Waals surface area contributed by atoms with Crippen molar-refractivity contribution in [3.05, 3.63) is 28.6 Å². The summed E-state index contributed by atoms with van der Waals surface area (Å²) < 4.78 is 1.41. The third kappa shape index (κ3) is 2.76. The van der Waals surface area contributed by atoms with E-state index in [1.807, 2.05) is 6.07 Å². The molecule has 0 saturated heterocycles. The molecule has 18 heavy (non-hydrogen) atoms. The number of fused-ring (bicyclic) bond motifs is 1. The molecule has 2 heterocycles. The van der Waals surface area contributed by atoms with Gasteiger partial charge in [0.05, 0.1) is 0 Å². The maximum absolute atomic E-state index is 11.3. The zero-order chi connectivity index (χ0) is 13.0. The van der Waals surface area contributed by atoms with E-state index in [0.717, 1.165) is 31.5 Å². The first-order valence-electron chi connectivity index (χ1n) is 6.39. The summed E-state index contributed by atoms with van der Waals surface area (Å²) in [6.07, 6.45) is 4.65. The van der Waals surface area contributed by atoms with Crippen molar-refractivity contribution in [1.29, 1.82) is 0 Å². The highest BCUT2D eigenvalue weighted by molar-refractivity contribution is 5.36. The van der Waals surface area contributed by atoms with Crippen LogP contribution >= 0.6 is 0 Å². The van der Waals surface area contributed by atoms with E-state index in [1.165, 1.54) is 10.7 Å². The van der Waals surface area contributed by atoms with Crippen LogP contribution in [0, 0.1) is 0 Å². The third-order valence-corrected chi connectivity index (χ3v) is 2.95. The predicted octanol–water partition coefficient (Wildman–Crippen LogP) is 0.738. The number of nitrogens with one attached hydrogen (secondary N) is 2. The summed E-state index contributed by atoms with van der Waals surface area (Å²) in [5.74, 6) is 0. The summed E-state index contributed by atoms with van der Waals surface area (Å²) in [7, 11) is 0. The van der Waals surface area contributed by atoms with Crippen molar-refractivity contribution in [2.75, 3.05) is 6.54 Å². The lowest BCUT2D eigenvalue weighted by Gasteiger charge is -2.16. The standard InChI is InChI=1S/C12H19N5O/c1-3-5-9(13-4-2)6-10-7-11-15-16-12(18)17(11)8-14-10/h7-9,13H,3-6H2,1-2H3,(H,16,18). The molecule has 2 N–H and O–H groups in total. The summed E-state index contributed by atoms with van der Waals surface area (Å²) in [5, 5.41) is 9.80. The maximum Gasteiger partial charge on any atom is 0.348 e. The Morgan fingerprint density at radius 3 is 3.06 bits per heavy atom. The zero-order valence-electron chi connectivity index (χ0n) is 10.8. The number of likely N-dealkylation sites (N-methyl/N-ethyl adjacent to an activating group) is 1. The van der Waals surface area contributed by atoms with E-state index >= 15 is 0 Å². The minimum absolute atomic E-state index is 0.249. The average molecular weight is 249 g/mol. The molecule has 0 aliphatic heterocycles. The lowest BCUT2D eigenvalue weighted by Crippen LogP contribution is -2.31. The minimum Gasteiger partial charge on any atom is -0.314 e. The van der Waals surface area contributed by atoms with Crippen molar-refractivity contribution in [1.82, 2.24) is 24.9 Å². The molecule has 0 aliphatic rings. The number of aromatic nitrogens is 4. The Morgan fingerprint density at radius 1 is 1.50 bits per heavy atom. The highest BCUT2D eigenvalue weighted by Crippen LogP contribution is 2.06. The highest BCUT2D eigenvalue weighted by atomic mass is 16.1. The molecule has 6 nitrogen and oxygen atoms in total. The monoisotopic (exact) mass is 249 g/mol. The van der Waals surface area contributed by atoms with E-state index in [0.29, 0.717) is 11.7 Å². The Kier molecular flexibility index (Phi) is 4.09. The average Bonchev–Trinajstić information content (AvgIpc) is 2.71. The molecular weight excluding hydrogens is 230 g/mol. The van der Waals surface area contributed by atoms with Crippen LogP contribution in [-0.2, 0) is 6.42 Å². The van der Waals surface area contributed by atoms with Gasteiger partial charge < -0.3 is 5.32 Å². The molecule has 2 aromatic rings. The van der Waals surface area contributed by atoms with Crippen molar-refractivity contribution in [2.24, 2.45) is 0 Å².